The molecule has 6 nitrogen and oxygen atoms in total. The van der Waals surface area contributed by atoms with Crippen LogP contribution in [0.2, 0.25) is 0 Å². The Kier molecular flexibility index (Phi) is 7.70. The van der Waals surface area contributed by atoms with Crippen molar-refractivity contribution in [1.82, 2.24) is 15.0 Å². The maximum Gasteiger partial charge on any atom is 0.434 e. The van der Waals surface area contributed by atoms with Crippen LogP contribution in [0.3, 0.4) is 0 Å². The second-order valence-corrected chi connectivity index (χ2v) is 5.84. The predicted molar refractivity (Wildman–Crippen MR) is 76.3 cm³/mol. The molecule has 0 radical (unpaired) electrons. The van der Waals surface area contributed by atoms with E-state index in [0.717, 1.165) is 0 Å². The summed E-state index contributed by atoms with van der Waals surface area (Å²) in [5.41, 5.74) is 0. The molecule has 0 spiro atoms. The number of ether oxygens (including phenoxy) is 2. The molecule has 0 unspecified atom stereocenters. The van der Waals surface area contributed by atoms with E-state index < -0.39 is 60.9 Å². The van der Waals surface area contributed by atoms with Crippen molar-refractivity contribution in [3.05, 3.63) is 0 Å². The maximum atomic E-state index is 12.6. The van der Waals surface area contributed by atoms with E-state index in [9.17, 15) is 52.7 Å². The van der Waals surface area contributed by atoms with Gasteiger partial charge in [0.1, 0.15) is 0 Å². The van der Waals surface area contributed by atoms with Gasteiger partial charge in [-0.3, -0.25) is 0 Å². The van der Waals surface area contributed by atoms with E-state index in [2.05, 4.69) is 29.7 Å². The standard InChI is InChI=1S/C13H12F12N4O2/c1-3-4(2)26-7-27-8(30-5(10(14,15)16)11(17,18)19)29-9(28-7)31-6(12(20,21)22)13(23,24)25/h4-6H,3H2,1-2H3,(H,26,27,28,29)/t4-/m1/s1. The van der Waals surface area contributed by atoms with E-state index >= 15 is 0 Å². The third-order valence-electron chi connectivity index (χ3n) is 3.22. The predicted octanol–water partition coefficient (Wildman–Crippen LogP) is 4.83. The van der Waals surface area contributed by atoms with Crippen molar-refractivity contribution < 1.29 is 62.2 Å². The average Bonchev–Trinajstić information content (AvgIpc) is 2.53. The van der Waals surface area contributed by atoms with Crippen LogP contribution in [0, 0.1) is 0 Å². The molecular weight excluding hydrogens is 472 g/mol. The highest BCUT2D eigenvalue weighted by atomic mass is 19.4. The number of hydrogen-bond acceptors (Lipinski definition) is 6. The van der Waals surface area contributed by atoms with Crippen molar-refractivity contribution >= 4 is 5.95 Å². The van der Waals surface area contributed by atoms with E-state index in [4.69, 9.17) is 0 Å². The first kappa shape index (κ1) is 26.6. The highest BCUT2D eigenvalue weighted by Crippen LogP contribution is 2.38. The third kappa shape index (κ3) is 7.97. The lowest BCUT2D eigenvalue weighted by atomic mass is 10.3. The summed E-state index contributed by atoms with van der Waals surface area (Å²) in [7, 11) is 0. The molecule has 0 aromatic carbocycles. The minimum atomic E-state index is -6.07. The molecule has 0 aliphatic heterocycles. The normalized spacial score (nSPS) is 14.7. The molecule has 1 N–H and O–H groups in total. The molecule has 180 valence electrons. The first-order valence-electron chi connectivity index (χ1n) is 7.88. The third-order valence-corrected chi connectivity index (χ3v) is 3.22. The Morgan fingerprint density at radius 2 is 1.00 bits per heavy atom. The minimum Gasteiger partial charge on any atom is -0.440 e. The fraction of sp³-hybridized carbons (Fsp3) is 0.769. The molecule has 0 aliphatic carbocycles. The second-order valence-electron chi connectivity index (χ2n) is 5.84. The summed E-state index contributed by atoms with van der Waals surface area (Å²) >= 11 is 0. The smallest absolute Gasteiger partial charge is 0.434 e. The molecule has 1 aromatic rings. The number of aromatic nitrogens is 3. The molecule has 0 bridgehead atoms. The van der Waals surface area contributed by atoms with Gasteiger partial charge in [0.05, 0.1) is 0 Å². The molecule has 0 fully saturated rings. The van der Waals surface area contributed by atoms with Crippen LogP contribution in [-0.4, -0.2) is 57.9 Å². The van der Waals surface area contributed by atoms with Gasteiger partial charge in [-0.2, -0.15) is 62.7 Å². The molecule has 0 amide bonds. The Labute approximate surface area is 165 Å². The minimum absolute atomic E-state index is 0.236. The highest BCUT2D eigenvalue weighted by Gasteiger charge is 2.61. The fourth-order valence-corrected chi connectivity index (χ4v) is 1.68. The summed E-state index contributed by atoms with van der Waals surface area (Å²) in [5.74, 6) is -0.986. The van der Waals surface area contributed by atoms with Crippen LogP contribution in [-0.2, 0) is 0 Å². The number of hydrogen-bond donors (Lipinski definition) is 1. The van der Waals surface area contributed by atoms with Crippen LogP contribution in [0.15, 0.2) is 0 Å². The number of anilines is 1. The number of nitrogens with zero attached hydrogens (tertiary/aromatic N) is 3. The lowest BCUT2D eigenvalue weighted by Crippen LogP contribution is -2.47. The van der Waals surface area contributed by atoms with Gasteiger partial charge in [0.15, 0.2) is 0 Å². The van der Waals surface area contributed by atoms with Gasteiger partial charge in [0, 0.05) is 6.04 Å². The molecule has 0 aliphatic rings. The lowest BCUT2D eigenvalue weighted by molar-refractivity contribution is -0.302. The summed E-state index contributed by atoms with van der Waals surface area (Å²) < 4.78 is 159. The molecule has 1 heterocycles. The topological polar surface area (TPSA) is 69.2 Å². The lowest BCUT2D eigenvalue weighted by Gasteiger charge is -2.24. The van der Waals surface area contributed by atoms with Gasteiger partial charge >= 0.3 is 36.7 Å². The van der Waals surface area contributed by atoms with Gasteiger partial charge in [-0.25, -0.2) is 0 Å². The molecule has 1 aromatic heterocycles. The summed E-state index contributed by atoms with van der Waals surface area (Å²) in [6.07, 6.45) is -33.1. The summed E-state index contributed by atoms with van der Waals surface area (Å²) in [5, 5.41) is 2.23. The van der Waals surface area contributed by atoms with Gasteiger partial charge in [0.25, 0.3) is 12.2 Å². The summed E-state index contributed by atoms with van der Waals surface area (Å²) in [6, 6.07) is -4.41. The first-order chi connectivity index (χ1) is 13.7. The number of nitrogens with one attached hydrogen (secondary N) is 1. The number of rotatable bonds is 7. The van der Waals surface area contributed by atoms with Crippen LogP contribution < -0.4 is 14.8 Å². The van der Waals surface area contributed by atoms with Crippen molar-refractivity contribution in [2.75, 3.05) is 5.32 Å². The Morgan fingerprint density at radius 3 is 1.26 bits per heavy atom. The zero-order valence-corrected chi connectivity index (χ0v) is 15.1. The number of halogens is 12. The maximum absolute atomic E-state index is 12.6. The van der Waals surface area contributed by atoms with Crippen molar-refractivity contribution in [3.63, 3.8) is 0 Å². The number of alkyl halides is 12. The highest BCUT2D eigenvalue weighted by molar-refractivity contribution is 5.29. The summed E-state index contributed by atoms with van der Waals surface area (Å²) in [4.78, 5) is 8.64. The Hall–Kier alpha value is -2.43. The van der Waals surface area contributed by atoms with Gasteiger partial charge < -0.3 is 14.8 Å². The molecule has 18 heteroatoms. The van der Waals surface area contributed by atoms with Crippen LogP contribution in [0.25, 0.3) is 0 Å². The Morgan fingerprint density at radius 1 is 0.677 bits per heavy atom. The van der Waals surface area contributed by atoms with E-state index in [1.54, 1.807) is 0 Å². The summed E-state index contributed by atoms with van der Waals surface area (Å²) in [6.45, 7) is 2.91. The van der Waals surface area contributed by atoms with Gasteiger partial charge in [0.2, 0.25) is 5.95 Å². The molecule has 1 atom stereocenters. The fourth-order valence-electron chi connectivity index (χ4n) is 1.68. The van der Waals surface area contributed by atoms with Crippen LogP contribution in [0.5, 0.6) is 12.0 Å². The van der Waals surface area contributed by atoms with E-state index in [1.165, 1.54) is 13.8 Å². The van der Waals surface area contributed by atoms with Crippen LogP contribution in [0.4, 0.5) is 58.6 Å². The molecule has 0 saturated heterocycles. The van der Waals surface area contributed by atoms with Gasteiger partial charge in [-0.15, -0.1) is 4.98 Å². The molecule has 31 heavy (non-hydrogen) atoms. The quantitative estimate of drug-likeness (QED) is 0.560. The zero-order chi connectivity index (χ0) is 24.4. The second kappa shape index (κ2) is 8.97. The molecular formula is C13H12F12N4O2. The van der Waals surface area contributed by atoms with Crippen molar-refractivity contribution in [3.8, 4) is 12.0 Å². The van der Waals surface area contributed by atoms with E-state index in [-0.39, 0.29) is 6.42 Å². The van der Waals surface area contributed by atoms with E-state index in [1.807, 2.05) is 0 Å². The molecule has 0 saturated carbocycles. The van der Waals surface area contributed by atoms with Gasteiger partial charge in [-0.1, -0.05) is 6.92 Å². The SMILES string of the molecule is CC[C@@H](C)Nc1nc(OC(C(F)(F)F)C(F)(F)F)nc(OC(C(F)(F)F)C(F)(F)F)n1. The van der Waals surface area contributed by atoms with E-state index in [0.29, 0.717) is 0 Å². The van der Waals surface area contributed by atoms with Crippen molar-refractivity contribution in [1.29, 1.82) is 0 Å². The molecule has 1 rings (SSSR count). The average molecular weight is 484 g/mol. The monoisotopic (exact) mass is 484 g/mol. The largest absolute Gasteiger partial charge is 0.440 e. The Balaban J connectivity index is 3.44. The zero-order valence-electron chi connectivity index (χ0n) is 15.1. The van der Waals surface area contributed by atoms with Crippen LogP contribution >= 0.6 is 0 Å². The Bertz CT molecular complexity index is 651. The van der Waals surface area contributed by atoms with Gasteiger partial charge in [-0.05, 0) is 13.3 Å². The first-order valence-corrected chi connectivity index (χ1v) is 7.88. The van der Waals surface area contributed by atoms with Crippen molar-refractivity contribution in [2.24, 2.45) is 0 Å². The van der Waals surface area contributed by atoms with Crippen molar-refractivity contribution in [2.45, 2.75) is 63.2 Å². The van der Waals surface area contributed by atoms with Crippen LogP contribution in [0.1, 0.15) is 20.3 Å².